The van der Waals surface area contributed by atoms with Gasteiger partial charge in [-0.05, 0) is 112 Å². The monoisotopic (exact) mass is 1130 g/mol. The van der Waals surface area contributed by atoms with Crippen molar-refractivity contribution in [3.63, 3.8) is 0 Å². The van der Waals surface area contributed by atoms with E-state index in [0.717, 1.165) is 47.5 Å². The van der Waals surface area contributed by atoms with Crippen LogP contribution in [-0.4, -0.2) is 113 Å². The van der Waals surface area contributed by atoms with E-state index in [1.165, 1.54) is 0 Å². The van der Waals surface area contributed by atoms with E-state index in [1.54, 1.807) is 62.8 Å². The minimum absolute atomic E-state index is 0.00488. The predicted octanol–water partition coefficient (Wildman–Crippen LogP) is 13.0. The number of methoxy groups -OCH3 is 2. The summed E-state index contributed by atoms with van der Waals surface area (Å²) < 4.78 is 72.8. The Balaban J connectivity index is 1.05. The lowest BCUT2D eigenvalue weighted by Crippen LogP contribution is -2.56. The number of carbonyl (C=O) groups excluding carboxylic acids is 2. The molecule has 11 atom stereocenters. The number of nitrogens with zero attached hydrogens (tertiary/aromatic N) is 2. The third kappa shape index (κ3) is 16.3. The second-order valence-corrected chi connectivity index (χ2v) is 22.9. The van der Waals surface area contributed by atoms with E-state index in [1.807, 2.05) is 68.4 Å². The van der Waals surface area contributed by atoms with Crippen molar-refractivity contribution in [1.29, 1.82) is 5.26 Å². The van der Waals surface area contributed by atoms with Crippen LogP contribution in [0, 0.1) is 35.0 Å². The molecule has 0 N–H and O–H groups in total. The minimum Gasteiger partial charge on any atom is -0.497 e. The molecule has 0 bridgehead atoms. The highest BCUT2D eigenvalue weighted by Crippen LogP contribution is 2.48. The van der Waals surface area contributed by atoms with E-state index in [2.05, 4.69) is 88.7 Å². The lowest BCUT2D eigenvalue weighted by atomic mass is 9.80. The molecular formula is C65H83N2O13P. The maximum Gasteiger partial charge on any atom is 0.338 e. The predicted molar refractivity (Wildman–Crippen MR) is 310 cm³/mol. The molecule has 0 amide bonds. The van der Waals surface area contributed by atoms with E-state index in [0.29, 0.717) is 24.3 Å². The first-order chi connectivity index (χ1) is 39.2. The Hall–Kier alpha value is -5.76. The largest absolute Gasteiger partial charge is 0.497 e. The van der Waals surface area contributed by atoms with Crippen LogP contribution in [-0.2, 0) is 47.8 Å². The molecule has 11 unspecified atom stereocenters. The Morgan fingerprint density at radius 1 is 0.556 bits per heavy atom. The summed E-state index contributed by atoms with van der Waals surface area (Å²) >= 11 is 0. The molecule has 2 aliphatic heterocycles. The molecule has 2 aliphatic rings. The molecule has 81 heavy (non-hydrogen) atoms. The highest BCUT2D eigenvalue weighted by molar-refractivity contribution is 7.44. The molecule has 15 nitrogen and oxygen atoms in total. The first-order valence-electron chi connectivity index (χ1n) is 28.5. The van der Waals surface area contributed by atoms with Crippen molar-refractivity contribution in [3.8, 4) is 17.6 Å². The summed E-state index contributed by atoms with van der Waals surface area (Å²) in [6.45, 7) is 17.5. The fourth-order valence-electron chi connectivity index (χ4n) is 10.6. The average Bonchev–Trinajstić information content (AvgIpc) is 3.68. The molecule has 7 rings (SSSR count). The highest BCUT2D eigenvalue weighted by atomic mass is 31.2. The first-order valence-corrected chi connectivity index (χ1v) is 29.6. The summed E-state index contributed by atoms with van der Waals surface area (Å²) in [6.07, 6.45) is -1.87. The molecule has 2 saturated heterocycles. The molecule has 2 fully saturated rings. The standard InChI is InChI=1S/C65H83N2O13P/c1-44(2)67(45(3)4)81(75-41-23-38-66)76-43-58-60(80-62(69)51-26-17-12-18-27-51)47(6)49(8)64(78-58)73-42-57-59(79-61(68)50-24-15-11-16-25-50)46(5)48(7)63(77-57)72-39-21-14-22-40-74-65(52-28-19-13-20-29-52,53-30-34-55(70-9)35-31-53)54-32-36-56(71-10)37-33-54/h11-13,15-20,24-37,44-49,57-60,63-64H,14,21-23,39-43H2,1-10H3. The number of hydrogen-bond acceptors (Lipinski definition) is 15. The Labute approximate surface area is 481 Å². The molecule has 436 valence electrons. The Kier molecular flexibility index (Phi) is 24.1. The van der Waals surface area contributed by atoms with Crippen LogP contribution in [0.15, 0.2) is 140 Å². The average molecular weight is 1130 g/mol. The SMILES string of the molecule is COc1ccc(C(OCCCCCOC2OC(COC3OC(COP(OCCC#N)N(C(C)C)C(C)C)C(OC(=O)c4ccccc4)C(C)C3C)C(OC(=O)c3ccccc3)C(C)C2C)(c2ccccc2)c2ccc(OC)cc2)cc1. The van der Waals surface area contributed by atoms with Crippen LogP contribution in [0.1, 0.15) is 118 Å². The van der Waals surface area contributed by atoms with Gasteiger partial charge in [0.05, 0.1) is 57.7 Å². The van der Waals surface area contributed by atoms with Gasteiger partial charge in [-0.25, -0.2) is 14.3 Å². The number of nitriles is 1. The van der Waals surface area contributed by atoms with E-state index in [9.17, 15) is 14.9 Å². The van der Waals surface area contributed by atoms with Crippen molar-refractivity contribution in [3.05, 3.63) is 167 Å². The molecule has 5 aromatic carbocycles. The van der Waals surface area contributed by atoms with Gasteiger partial charge >= 0.3 is 11.9 Å². The summed E-state index contributed by atoms with van der Waals surface area (Å²) in [4.78, 5) is 27.5. The number of esters is 2. The van der Waals surface area contributed by atoms with E-state index >= 15 is 0 Å². The minimum atomic E-state index is -1.65. The Morgan fingerprint density at radius 3 is 1.47 bits per heavy atom. The number of benzene rings is 5. The smallest absolute Gasteiger partial charge is 0.338 e. The maximum absolute atomic E-state index is 13.8. The van der Waals surface area contributed by atoms with Crippen molar-refractivity contribution < 1.29 is 61.3 Å². The Morgan fingerprint density at radius 2 is 1.00 bits per heavy atom. The number of carbonyl (C=O) groups is 2. The van der Waals surface area contributed by atoms with Crippen LogP contribution in [0.2, 0.25) is 0 Å². The lowest BCUT2D eigenvalue weighted by Gasteiger charge is -2.46. The summed E-state index contributed by atoms with van der Waals surface area (Å²) in [5.41, 5.74) is 2.86. The van der Waals surface area contributed by atoms with Gasteiger partial charge < -0.3 is 51.7 Å². The third-order valence-electron chi connectivity index (χ3n) is 15.4. The van der Waals surface area contributed by atoms with Gasteiger partial charge in [-0.15, -0.1) is 0 Å². The highest BCUT2D eigenvalue weighted by Gasteiger charge is 2.48. The van der Waals surface area contributed by atoms with E-state index in [4.69, 9.17) is 51.7 Å². The molecule has 0 aromatic heterocycles. The van der Waals surface area contributed by atoms with Crippen molar-refractivity contribution in [2.45, 2.75) is 136 Å². The van der Waals surface area contributed by atoms with Crippen molar-refractivity contribution in [2.24, 2.45) is 23.7 Å². The van der Waals surface area contributed by atoms with Crippen molar-refractivity contribution in [1.82, 2.24) is 4.67 Å². The van der Waals surface area contributed by atoms with Crippen molar-refractivity contribution >= 4 is 20.5 Å². The van der Waals surface area contributed by atoms with Crippen LogP contribution >= 0.6 is 8.53 Å². The molecule has 0 spiro atoms. The fourth-order valence-corrected chi connectivity index (χ4v) is 12.2. The van der Waals surface area contributed by atoms with E-state index in [-0.39, 0.29) is 62.0 Å². The normalized spacial score (nSPS) is 23.4. The van der Waals surface area contributed by atoms with Crippen LogP contribution in [0.3, 0.4) is 0 Å². The number of rotatable bonds is 29. The quantitative estimate of drug-likeness (QED) is 0.0192. The van der Waals surface area contributed by atoms with Gasteiger partial charge in [-0.2, -0.15) is 5.26 Å². The van der Waals surface area contributed by atoms with E-state index < -0.39 is 63.1 Å². The van der Waals surface area contributed by atoms with Gasteiger partial charge in [0, 0.05) is 49.0 Å². The summed E-state index contributed by atoms with van der Waals surface area (Å²) in [5.74, 6) is -0.335. The van der Waals surface area contributed by atoms with Gasteiger partial charge in [-0.3, -0.25) is 0 Å². The number of unbranched alkanes of at least 4 members (excludes halogenated alkanes) is 2. The molecule has 5 aromatic rings. The molecule has 0 aliphatic carbocycles. The molecule has 2 heterocycles. The van der Waals surface area contributed by atoms with Gasteiger partial charge in [0.1, 0.15) is 41.5 Å². The lowest BCUT2D eigenvalue weighted by molar-refractivity contribution is -0.303. The summed E-state index contributed by atoms with van der Waals surface area (Å²) in [6, 6.07) is 46.4. The fraction of sp³-hybridized carbons (Fsp3) is 0.492. The topological polar surface area (TPSA) is 163 Å². The van der Waals surface area contributed by atoms with Crippen LogP contribution in [0.5, 0.6) is 11.5 Å². The maximum atomic E-state index is 13.8. The molecule has 0 radical (unpaired) electrons. The zero-order chi connectivity index (χ0) is 57.9. The zero-order valence-electron chi connectivity index (χ0n) is 48.7. The molecule has 16 heteroatoms. The van der Waals surface area contributed by atoms with Crippen molar-refractivity contribution in [2.75, 3.05) is 47.3 Å². The second-order valence-electron chi connectivity index (χ2n) is 21.5. The van der Waals surface area contributed by atoms with Gasteiger partial charge in [0.25, 0.3) is 8.53 Å². The van der Waals surface area contributed by atoms with Gasteiger partial charge in [0.15, 0.2) is 12.6 Å². The van der Waals surface area contributed by atoms with Gasteiger partial charge in [-0.1, -0.05) is 119 Å². The first kappa shape index (κ1) is 62.8. The Bertz CT molecular complexity index is 2640. The molecule has 0 saturated carbocycles. The summed E-state index contributed by atoms with van der Waals surface area (Å²) in [7, 11) is 1.67. The number of ether oxygens (including phenoxy) is 9. The number of hydrogen-bond donors (Lipinski definition) is 0. The van der Waals surface area contributed by atoms with Crippen LogP contribution < -0.4 is 9.47 Å². The summed E-state index contributed by atoms with van der Waals surface area (Å²) in [5, 5.41) is 9.36. The molecular weight excluding hydrogens is 1050 g/mol. The second kappa shape index (κ2) is 31.1. The van der Waals surface area contributed by atoms with Crippen LogP contribution in [0.4, 0.5) is 0 Å². The van der Waals surface area contributed by atoms with Crippen LogP contribution in [0.25, 0.3) is 0 Å². The van der Waals surface area contributed by atoms with Gasteiger partial charge in [0.2, 0.25) is 0 Å². The third-order valence-corrected chi connectivity index (χ3v) is 17.5. The zero-order valence-corrected chi connectivity index (χ0v) is 49.6.